The lowest BCUT2D eigenvalue weighted by Crippen LogP contribution is -2.67. The number of hydrogen-bond acceptors (Lipinski definition) is 10. The van der Waals surface area contributed by atoms with E-state index in [0.29, 0.717) is 16.7 Å². The van der Waals surface area contributed by atoms with E-state index in [2.05, 4.69) is 35.3 Å². The summed E-state index contributed by atoms with van der Waals surface area (Å²) in [5.74, 6) is -3.27. The first-order valence-electron chi connectivity index (χ1n) is 9.23. The van der Waals surface area contributed by atoms with E-state index in [1.165, 1.54) is 0 Å². The van der Waals surface area contributed by atoms with Crippen molar-refractivity contribution in [1.82, 2.24) is 30.7 Å². The van der Waals surface area contributed by atoms with Crippen LogP contribution in [0.4, 0.5) is 17.6 Å². The van der Waals surface area contributed by atoms with Crippen LogP contribution in [0.1, 0.15) is 5.56 Å². The minimum absolute atomic E-state index is 0.105. The zero-order chi connectivity index (χ0) is 23.8. The van der Waals surface area contributed by atoms with Gasteiger partial charge in [-0.25, -0.2) is 18.4 Å². The van der Waals surface area contributed by atoms with Crippen LogP contribution in [0.2, 0.25) is 0 Å². The van der Waals surface area contributed by atoms with E-state index in [1.807, 2.05) is 0 Å². The second-order valence-electron chi connectivity index (χ2n) is 6.93. The molecule has 1 saturated heterocycles. The maximum absolute atomic E-state index is 13.6. The molecule has 1 aliphatic rings. The normalized spacial score (nSPS) is 15.3. The Morgan fingerprint density at radius 2 is 2.06 bits per heavy atom. The first-order chi connectivity index (χ1) is 15.6. The van der Waals surface area contributed by atoms with Crippen molar-refractivity contribution in [1.29, 1.82) is 0 Å². The van der Waals surface area contributed by atoms with Crippen molar-refractivity contribution in [3.05, 3.63) is 40.1 Å². The van der Waals surface area contributed by atoms with Gasteiger partial charge in [0.25, 0.3) is 5.91 Å². The third-order valence-electron chi connectivity index (χ3n) is 4.67. The molecule has 1 amide bonds. The summed E-state index contributed by atoms with van der Waals surface area (Å²) in [6, 6.07) is 1.95. The van der Waals surface area contributed by atoms with Crippen LogP contribution in [-0.4, -0.2) is 62.0 Å². The number of nitrogens with one attached hydrogen (secondary N) is 2. The number of rotatable bonds is 7. The Kier molecular flexibility index (Phi) is 5.98. The zero-order valence-electron chi connectivity index (χ0n) is 16.3. The molecule has 33 heavy (non-hydrogen) atoms. The maximum atomic E-state index is 13.6. The topological polar surface area (TPSA) is 148 Å². The van der Waals surface area contributed by atoms with Gasteiger partial charge in [0, 0.05) is 25.4 Å². The van der Waals surface area contributed by atoms with E-state index in [4.69, 9.17) is 0 Å². The Morgan fingerprint density at radius 1 is 1.30 bits per heavy atom. The summed E-state index contributed by atoms with van der Waals surface area (Å²) in [6.07, 6.45) is -5.00. The summed E-state index contributed by atoms with van der Waals surface area (Å²) in [6.45, 7) is 0.426. The van der Waals surface area contributed by atoms with Crippen molar-refractivity contribution in [2.75, 3.05) is 25.4 Å². The van der Waals surface area contributed by atoms with Crippen LogP contribution >= 0.6 is 11.8 Å². The molecule has 0 bridgehead atoms. The van der Waals surface area contributed by atoms with Crippen molar-refractivity contribution >= 4 is 17.7 Å². The van der Waals surface area contributed by atoms with E-state index in [0.717, 1.165) is 17.8 Å². The molecule has 3 heterocycles. The van der Waals surface area contributed by atoms with E-state index in [9.17, 15) is 32.3 Å². The summed E-state index contributed by atoms with van der Waals surface area (Å²) < 4.78 is 62.8. The van der Waals surface area contributed by atoms with Crippen LogP contribution in [-0.2, 0) is 11.0 Å². The lowest BCUT2D eigenvalue weighted by Gasteiger charge is -2.35. The molecule has 176 valence electrons. The number of hydrogen-bond donors (Lipinski definition) is 3. The number of carbonyl (C=O) groups excluding carboxylic acids is 1. The zero-order valence-corrected chi connectivity index (χ0v) is 17.2. The monoisotopic (exact) mass is 490 g/mol. The number of halogens is 4. The maximum Gasteiger partial charge on any atom is 0.446 e. The lowest BCUT2D eigenvalue weighted by molar-refractivity contribution is -0.144. The van der Waals surface area contributed by atoms with E-state index in [-0.39, 0.29) is 47.6 Å². The fourth-order valence-electron chi connectivity index (χ4n) is 2.91. The Labute approximate surface area is 185 Å². The number of aromatic nitrogens is 4. The van der Waals surface area contributed by atoms with Gasteiger partial charge in [-0.2, -0.15) is 13.2 Å². The van der Waals surface area contributed by atoms with E-state index in [1.54, 1.807) is 0 Å². The van der Waals surface area contributed by atoms with Crippen molar-refractivity contribution in [2.45, 2.75) is 16.8 Å². The van der Waals surface area contributed by atoms with Crippen molar-refractivity contribution in [3.63, 3.8) is 0 Å². The second kappa shape index (κ2) is 8.60. The van der Waals surface area contributed by atoms with Gasteiger partial charge in [0.1, 0.15) is 5.82 Å². The number of thioether (sulfide) groups is 1. The quantitative estimate of drug-likeness (QED) is 0.244. The molecule has 3 N–H and O–H groups in total. The number of alkyl halides is 3. The molecule has 1 fully saturated rings. The summed E-state index contributed by atoms with van der Waals surface area (Å²) in [4.78, 5) is 24.1. The smallest absolute Gasteiger partial charge is 0.377 e. The SMILES string of the molecule is O=C(NCCSc1nonc1-c1noc(=O)n1-c1ccc(F)c(C(F)(F)F)c1)C1(O)CNC1. The molecule has 4 rings (SSSR count). The summed E-state index contributed by atoms with van der Waals surface area (Å²) in [7, 11) is 0. The van der Waals surface area contributed by atoms with Gasteiger partial charge in [-0.15, -0.1) is 0 Å². The highest BCUT2D eigenvalue weighted by atomic mass is 32.2. The van der Waals surface area contributed by atoms with Gasteiger partial charge < -0.3 is 15.7 Å². The molecule has 0 saturated carbocycles. The van der Waals surface area contributed by atoms with Crippen molar-refractivity contribution in [3.8, 4) is 17.2 Å². The van der Waals surface area contributed by atoms with Gasteiger partial charge in [-0.3, -0.25) is 9.32 Å². The molecule has 0 radical (unpaired) electrons. The number of amides is 1. The molecule has 0 aliphatic carbocycles. The third kappa shape index (κ3) is 4.49. The minimum atomic E-state index is -5.00. The molecule has 1 aliphatic heterocycles. The van der Waals surface area contributed by atoms with Gasteiger partial charge in [0.2, 0.25) is 5.82 Å². The van der Waals surface area contributed by atoms with Crippen LogP contribution < -0.4 is 16.4 Å². The minimum Gasteiger partial charge on any atom is -0.377 e. The van der Waals surface area contributed by atoms with Gasteiger partial charge >= 0.3 is 11.9 Å². The highest BCUT2D eigenvalue weighted by Gasteiger charge is 2.41. The average molecular weight is 490 g/mol. The second-order valence-corrected chi connectivity index (χ2v) is 8.01. The largest absolute Gasteiger partial charge is 0.446 e. The Balaban J connectivity index is 1.54. The Morgan fingerprint density at radius 3 is 2.73 bits per heavy atom. The molecule has 0 unspecified atom stereocenters. The molecule has 2 aromatic heterocycles. The van der Waals surface area contributed by atoms with E-state index < -0.39 is 34.8 Å². The summed E-state index contributed by atoms with van der Waals surface area (Å²) in [5.41, 5.74) is -3.51. The molecular formula is C17H14F4N6O5S. The molecule has 1 aromatic carbocycles. The van der Waals surface area contributed by atoms with Crippen LogP contribution in [0.3, 0.4) is 0 Å². The highest BCUT2D eigenvalue weighted by molar-refractivity contribution is 7.99. The molecule has 3 aromatic rings. The number of benzene rings is 1. The van der Waals surface area contributed by atoms with Gasteiger partial charge in [-0.05, 0) is 28.5 Å². The standard InChI is InChI=1S/C17H14F4N6O5S/c18-10-2-1-8(5-9(10)17(19,20)21)27-12(25-31-15(27)29)11-13(26-32-24-11)33-4-3-23-14(28)16(30)6-22-7-16/h1-2,5,22,30H,3-4,6-7H2,(H,23,28). The average Bonchev–Trinajstić information content (AvgIpc) is 3.35. The van der Waals surface area contributed by atoms with Crippen LogP contribution in [0.5, 0.6) is 0 Å². The highest BCUT2D eigenvalue weighted by Crippen LogP contribution is 2.34. The Hall–Kier alpha value is -3.24. The molecule has 16 heteroatoms. The van der Waals surface area contributed by atoms with Crippen molar-refractivity contribution < 1.29 is 36.6 Å². The first kappa shape index (κ1) is 22.9. The predicted octanol–water partition coefficient (Wildman–Crippen LogP) is 0.576. The number of carbonyl (C=O) groups is 1. The summed E-state index contributed by atoms with van der Waals surface area (Å²) >= 11 is 1.03. The first-order valence-corrected chi connectivity index (χ1v) is 10.2. The fourth-order valence-corrected chi connectivity index (χ4v) is 3.66. The number of β-amino-alcohol motifs (C(OH)–C–C–N with tert-alkyl or cyclic N) is 1. The number of aliphatic hydroxyl groups is 1. The number of nitrogens with zero attached hydrogens (tertiary/aromatic N) is 4. The van der Waals surface area contributed by atoms with Gasteiger partial charge in [0.15, 0.2) is 16.3 Å². The third-order valence-corrected chi connectivity index (χ3v) is 5.62. The van der Waals surface area contributed by atoms with Crippen molar-refractivity contribution in [2.24, 2.45) is 0 Å². The predicted molar refractivity (Wildman–Crippen MR) is 102 cm³/mol. The molecular weight excluding hydrogens is 476 g/mol. The van der Waals surface area contributed by atoms with Gasteiger partial charge in [0.05, 0.1) is 11.3 Å². The fraction of sp³-hybridized carbons (Fsp3) is 0.353. The molecule has 0 spiro atoms. The molecule has 11 nitrogen and oxygen atoms in total. The Bertz CT molecular complexity index is 1240. The van der Waals surface area contributed by atoms with E-state index >= 15 is 0 Å². The van der Waals surface area contributed by atoms with Crippen LogP contribution in [0, 0.1) is 5.82 Å². The lowest BCUT2D eigenvalue weighted by atomic mass is 9.96. The molecule has 0 atom stereocenters. The van der Waals surface area contributed by atoms with Crippen LogP contribution in [0.15, 0.2) is 37.2 Å². The summed E-state index contributed by atoms with van der Waals surface area (Å²) in [5, 5.41) is 26.2. The van der Waals surface area contributed by atoms with Gasteiger partial charge in [-0.1, -0.05) is 16.9 Å². The van der Waals surface area contributed by atoms with Crippen LogP contribution in [0.25, 0.3) is 17.2 Å².